The van der Waals surface area contributed by atoms with E-state index in [0.29, 0.717) is 0 Å². The number of aromatic nitrogens is 2. The van der Waals surface area contributed by atoms with Crippen molar-refractivity contribution in [2.75, 3.05) is 0 Å². The van der Waals surface area contributed by atoms with E-state index in [9.17, 15) is 0 Å². The Morgan fingerprint density at radius 2 is 0.759 bits per heavy atom. The maximum Gasteiger partial charge on any atom is 0.0627 e. The number of hydrogen-bond donors (Lipinski definition) is 0. The highest BCUT2D eigenvalue weighted by Crippen LogP contribution is 2.48. The van der Waals surface area contributed by atoms with Crippen molar-refractivity contribution in [3.05, 3.63) is 194 Å². The van der Waals surface area contributed by atoms with Crippen molar-refractivity contribution in [2.45, 2.75) is 0 Å². The Balaban J connectivity index is 1.31. The van der Waals surface area contributed by atoms with Crippen LogP contribution < -0.4 is 0 Å². The van der Waals surface area contributed by atoms with Crippen molar-refractivity contribution in [2.24, 2.45) is 0 Å². The first-order valence-electron chi connectivity index (χ1n) is 18.7. The Hall–Kier alpha value is -7.16. The molecule has 0 amide bonds. The molecule has 12 aromatic rings. The van der Waals surface area contributed by atoms with Gasteiger partial charge < -0.3 is 9.13 Å². The van der Waals surface area contributed by atoms with E-state index in [0.717, 1.165) is 5.69 Å². The summed E-state index contributed by atoms with van der Waals surface area (Å²) < 4.78 is 5.03. The van der Waals surface area contributed by atoms with Crippen LogP contribution in [0, 0.1) is 0 Å². The molecule has 2 aromatic heterocycles. The summed E-state index contributed by atoms with van der Waals surface area (Å²) in [5.41, 5.74) is 9.67. The lowest BCUT2D eigenvalue weighted by Gasteiger charge is -2.14. The zero-order valence-electron chi connectivity index (χ0n) is 29.4. The predicted molar refractivity (Wildman–Crippen MR) is 231 cm³/mol. The molecule has 2 heterocycles. The minimum absolute atomic E-state index is 1.16. The van der Waals surface area contributed by atoms with Crippen molar-refractivity contribution in [1.29, 1.82) is 0 Å². The van der Waals surface area contributed by atoms with Crippen molar-refractivity contribution in [3.8, 4) is 22.5 Å². The fraction of sp³-hybridized carbons (Fsp3) is 0. The van der Waals surface area contributed by atoms with Crippen LogP contribution in [0.15, 0.2) is 194 Å². The molecule has 0 aliphatic heterocycles. The first-order chi connectivity index (χ1) is 26.8. The first kappa shape index (κ1) is 29.4. The quantitative estimate of drug-likeness (QED) is 0.175. The summed E-state index contributed by atoms with van der Waals surface area (Å²) in [7, 11) is 0. The normalized spacial score (nSPS) is 12.1. The van der Waals surface area contributed by atoms with Crippen LogP contribution in [-0.2, 0) is 0 Å². The third-order valence-electron chi connectivity index (χ3n) is 11.6. The molecule has 0 unspecified atom stereocenters. The number of para-hydroxylation sites is 1. The first-order valence-corrected chi connectivity index (χ1v) is 18.7. The molecule has 2 heteroatoms. The molecule has 54 heavy (non-hydrogen) atoms. The molecular weight excluding hydrogens is 653 g/mol. The summed E-state index contributed by atoms with van der Waals surface area (Å²) in [6.45, 7) is 0. The van der Waals surface area contributed by atoms with E-state index < -0.39 is 0 Å². The van der Waals surface area contributed by atoms with Crippen LogP contribution in [0.1, 0.15) is 0 Å². The number of hydrogen-bond acceptors (Lipinski definition) is 0. The maximum atomic E-state index is 2.52. The number of fused-ring (bicyclic) bond motifs is 13. The van der Waals surface area contributed by atoms with Crippen LogP contribution in [0.2, 0.25) is 0 Å². The maximum absolute atomic E-state index is 2.52. The monoisotopic (exact) mass is 684 g/mol. The Kier molecular flexibility index (Phi) is 6.09. The molecule has 0 saturated carbocycles. The summed E-state index contributed by atoms with van der Waals surface area (Å²) >= 11 is 0. The smallest absolute Gasteiger partial charge is 0.0627 e. The van der Waals surface area contributed by atoms with E-state index in [4.69, 9.17) is 0 Å². The molecule has 10 aromatic carbocycles. The molecular formula is C52H32N2. The van der Waals surface area contributed by atoms with Gasteiger partial charge in [0.25, 0.3) is 0 Å². The standard InChI is InChI=1S/C52H32N2/c1-3-15-36-30-39(27-24-33(36)12-1)53-47-23-10-9-21-45(47)49-50-46-32-38(42-22-11-17-35-14-5-6-18-41(35)42)26-29-48(46)54(40-28-25-34-13-2-4-16-37(34)31-40)52(50)44-20-8-7-19-43(44)51(49)53/h1-32H. The van der Waals surface area contributed by atoms with Crippen LogP contribution in [-0.4, -0.2) is 9.13 Å². The molecule has 0 saturated heterocycles. The molecule has 0 fully saturated rings. The van der Waals surface area contributed by atoms with Crippen molar-refractivity contribution >= 4 is 86.7 Å². The van der Waals surface area contributed by atoms with Crippen LogP contribution >= 0.6 is 0 Å². The van der Waals surface area contributed by atoms with Gasteiger partial charge in [0.2, 0.25) is 0 Å². The van der Waals surface area contributed by atoms with Gasteiger partial charge in [0.05, 0.1) is 22.1 Å². The molecule has 0 aliphatic rings. The van der Waals surface area contributed by atoms with E-state index in [-0.39, 0.29) is 0 Å². The van der Waals surface area contributed by atoms with E-state index in [1.54, 1.807) is 0 Å². The van der Waals surface area contributed by atoms with E-state index in [2.05, 4.69) is 203 Å². The van der Waals surface area contributed by atoms with Gasteiger partial charge in [-0.3, -0.25) is 0 Å². The molecule has 0 N–H and O–H groups in total. The fourth-order valence-electron chi connectivity index (χ4n) is 9.26. The van der Waals surface area contributed by atoms with Gasteiger partial charge in [-0.2, -0.15) is 0 Å². The zero-order chi connectivity index (χ0) is 35.3. The minimum Gasteiger partial charge on any atom is -0.309 e. The Morgan fingerprint density at radius 1 is 0.278 bits per heavy atom. The summed E-state index contributed by atoms with van der Waals surface area (Å²) in [5, 5.41) is 15.0. The zero-order valence-corrected chi connectivity index (χ0v) is 29.4. The average Bonchev–Trinajstić information content (AvgIpc) is 3.76. The lowest BCUT2D eigenvalue weighted by atomic mass is 9.95. The van der Waals surface area contributed by atoms with Crippen molar-refractivity contribution in [1.82, 2.24) is 9.13 Å². The van der Waals surface area contributed by atoms with E-state index in [1.807, 2.05) is 0 Å². The lowest BCUT2D eigenvalue weighted by Crippen LogP contribution is -1.97. The third kappa shape index (κ3) is 4.11. The molecule has 12 rings (SSSR count). The second-order valence-electron chi connectivity index (χ2n) is 14.5. The highest BCUT2D eigenvalue weighted by Gasteiger charge is 2.25. The van der Waals surface area contributed by atoms with Gasteiger partial charge in [-0.05, 0) is 85.9 Å². The summed E-state index contributed by atoms with van der Waals surface area (Å²) in [5.74, 6) is 0. The lowest BCUT2D eigenvalue weighted by molar-refractivity contribution is 1.19. The van der Waals surface area contributed by atoms with Gasteiger partial charge in [0.15, 0.2) is 0 Å². The van der Waals surface area contributed by atoms with Gasteiger partial charge in [-0.1, -0.05) is 152 Å². The average molecular weight is 685 g/mol. The molecule has 0 bridgehead atoms. The fourth-order valence-corrected chi connectivity index (χ4v) is 9.26. The molecule has 0 radical (unpaired) electrons. The van der Waals surface area contributed by atoms with Gasteiger partial charge in [0.1, 0.15) is 0 Å². The molecule has 250 valence electrons. The van der Waals surface area contributed by atoms with E-state index in [1.165, 1.54) is 104 Å². The second-order valence-corrected chi connectivity index (χ2v) is 14.5. The summed E-state index contributed by atoms with van der Waals surface area (Å²) in [4.78, 5) is 0. The SMILES string of the molecule is c1ccc2cc(-n3c4ccccc4c4c5c6cc(-c7cccc8ccccc78)ccc6n(-c6ccc7ccccc7c6)c5c5ccccc5c43)ccc2c1. The third-order valence-corrected chi connectivity index (χ3v) is 11.6. The molecule has 0 atom stereocenters. The highest BCUT2D eigenvalue weighted by molar-refractivity contribution is 6.37. The predicted octanol–water partition coefficient (Wildman–Crippen LogP) is 14.2. The van der Waals surface area contributed by atoms with Gasteiger partial charge >= 0.3 is 0 Å². The van der Waals surface area contributed by atoms with Crippen LogP contribution in [0.3, 0.4) is 0 Å². The van der Waals surface area contributed by atoms with Gasteiger partial charge in [0, 0.05) is 43.7 Å². The van der Waals surface area contributed by atoms with Gasteiger partial charge in [-0.15, -0.1) is 0 Å². The summed E-state index contributed by atoms with van der Waals surface area (Å²) in [6, 6.07) is 71.6. The second kappa shape index (κ2) is 11.2. The Labute approximate surface area is 311 Å². The van der Waals surface area contributed by atoms with Crippen molar-refractivity contribution < 1.29 is 0 Å². The highest BCUT2D eigenvalue weighted by atomic mass is 15.0. The molecule has 0 aliphatic carbocycles. The number of benzene rings is 10. The molecule has 0 spiro atoms. The number of nitrogens with zero attached hydrogens (tertiary/aromatic N) is 2. The minimum atomic E-state index is 1.16. The van der Waals surface area contributed by atoms with E-state index >= 15 is 0 Å². The largest absolute Gasteiger partial charge is 0.309 e. The molecule has 2 nitrogen and oxygen atoms in total. The van der Waals surface area contributed by atoms with Gasteiger partial charge in [-0.25, -0.2) is 0 Å². The topological polar surface area (TPSA) is 9.86 Å². The van der Waals surface area contributed by atoms with Crippen molar-refractivity contribution in [3.63, 3.8) is 0 Å². The number of rotatable bonds is 3. The summed E-state index contributed by atoms with van der Waals surface area (Å²) in [6.07, 6.45) is 0. The van der Waals surface area contributed by atoms with Crippen LogP contribution in [0.4, 0.5) is 0 Å². The Morgan fingerprint density at radius 3 is 1.41 bits per heavy atom. The van der Waals surface area contributed by atoms with Crippen LogP contribution in [0.25, 0.3) is 109 Å². The van der Waals surface area contributed by atoms with Crippen LogP contribution in [0.5, 0.6) is 0 Å². The Bertz CT molecular complexity index is 3500.